The van der Waals surface area contributed by atoms with Gasteiger partial charge in [0.1, 0.15) is 18.5 Å². The van der Waals surface area contributed by atoms with Gasteiger partial charge in [0.2, 0.25) is 0 Å². The molecule has 2 aliphatic rings. The van der Waals surface area contributed by atoms with Crippen LogP contribution in [0.25, 0.3) is 0 Å². The Kier molecular flexibility index (Phi) is 3.48. The van der Waals surface area contributed by atoms with Gasteiger partial charge in [-0.05, 0) is 26.5 Å². The normalized spacial score (nSPS) is 34.1. The van der Waals surface area contributed by atoms with Gasteiger partial charge in [-0.15, -0.1) is 0 Å². The third kappa shape index (κ3) is 2.24. The minimum atomic E-state index is -0.497. The predicted molar refractivity (Wildman–Crippen MR) is 72.3 cm³/mol. The molecule has 1 fully saturated rings. The van der Waals surface area contributed by atoms with E-state index < -0.39 is 6.10 Å². The highest BCUT2D eigenvalue weighted by Gasteiger charge is 2.38. The molecule has 0 spiro atoms. The summed E-state index contributed by atoms with van der Waals surface area (Å²) in [5, 5.41) is 10.6. The van der Waals surface area contributed by atoms with E-state index in [4.69, 9.17) is 9.47 Å². The number of likely N-dealkylation sites (N-methyl/N-ethyl adjacent to an activating group) is 1. The van der Waals surface area contributed by atoms with Crippen molar-refractivity contribution in [3.63, 3.8) is 0 Å². The summed E-state index contributed by atoms with van der Waals surface area (Å²) < 4.78 is 11.4. The van der Waals surface area contributed by atoms with Gasteiger partial charge in [0, 0.05) is 18.2 Å². The van der Waals surface area contributed by atoms with E-state index in [0.717, 1.165) is 24.3 Å². The Bertz CT molecular complexity index is 451. The average Bonchev–Trinajstić information content (AvgIpc) is 2.85. The standard InChI is InChI=1S/C15H21NO3/c1-10-12(7-8-18-10)16(2)13-9-19-14-6-4-3-5-11(14)15(13)17/h3-6,10,12-13,15,17H,7-9H2,1-2H3. The second-order valence-corrected chi connectivity index (χ2v) is 5.46. The van der Waals surface area contributed by atoms with E-state index in [1.165, 1.54) is 0 Å². The molecule has 2 aliphatic heterocycles. The van der Waals surface area contributed by atoms with Crippen LogP contribution in [-0.4, -0.2) is 48.5 Å². The van der Waals surface area contributed by atoms with Crippen LogP contribution in [0.3, 0.4) is 0 Å². The average molecular weight is 263 g/mol. The smallest absolute Gasteiger partial charge is 0.125 e. The Hall–Kier alpha value is -1.10. The van der Waals surface area contributed by atoms with Gasteiger partial charge in [0.25, 0.3) is 0 Å². The van der Waals surface area contributed by atoms with E-state index in [0.29, 0.717) is 12.6 Å². The van der Waals surface area contributed by atoms with Gasteiger partial charge < -0.3 is 14.6 Å². The first-order valence-corrected chi connectivity index (χ1v) is 6.92. The van der Waals surface area contributed by atoms with Crippen LogP contribution in [0, 0.1) is 0 Å². The molecule has 4 unspecified atom stereocenters. The highest BCUT2D eigenvalue weighted by Crippen LogP contribution is 2.35. The van der Waals surface area contributed by atoms with Crippen LogP contribution in [0.5, 0.6) is 5.75 Å². The minimum absolute atomic E-state index is 0.0101. The fraction of sp³-hybridized carbons (Fsp3) is 0.600. The fourth-order valence-electron chi connectivity index (χ4n) is 3.17. The third-order valence-electron chi connectivity index (χ3n) is 4.39. The lowest BCUT2D eigenvalue weighted by Crippen LogP contribution is -2.50. The van der Waals surface area contributed by atoms with Crippen molar-refractivity contribution in [1.29, 1.82) is 0 Å². The molecule has 4 atom stereocenters. The van der Waals surface area contributed by atoms with Crippen molar-refractivity contribution in [3.05, 3.63) is 29.8 Å². The first-order valence-electron chi connectivity index (χ1n) is 6.92. The lowest BCUT2D eigenvalue weighted by Gasteiger charge is -2.39. The third-order valence-corrected chi connectivity index (χ3v) is 4.39. The molecule has 1 N–H and O–H groups in total. The molecule has 0 radical (unpaired) electrons. The van der Waals surface area contributed by atoms with E-state index in [9.17, 15) is 5.11 Å². The highest BCUT2D eigenvalue weighted by atomic mass is 16.5. The predicted octanol–water partition coefficient (Wildman–Crippen LogP) is 1.59. The van der Waals surface area contributed by atoms with E-state index in [2.05, 4.69) is 18.9 Å². The Morgan fingerprint density at radius 2 is 2.05 bits per heavy atom. The van der Waals surface area contributed by atoms with Crippen molar-refractivity contribution in [2.24, 2.45) is 0 Å². The molecule has 1 saturated heterocycles. The molecule has 0 saturated carbocycles. The molecular weight excluding hydrogens is 242 g/mol. The quantitative estimate of drug-likeness (QED) is 0.880. The van der Waals surface area contributed by atoms with Gasteiger partial charge in [-0.25, -0.2) is 0 Å². The van der Waals surface area contributed by atoms with Crippen molar-refractivity contribution >= 4 is 0 Å². The lowest BCUT2D eigenvalue weighted by molar-refractivity contribution is -0.0177. The molecule has 0 aromatic heterocycles. The van der Waals surface area contributed by atoms with Crippen molar-refractivity contribution in [2.75, 3.05) is 20.3 Å². The summed E-state index contributed by atoms with van der Waals surface area (Å²) >= 11 is 0. The first-order chi connectivity index (χ1) is 9.18. The summed E-state index contributed by atoms with van der Waals surface area (Å²) in [7, 11) is 2.06. The van der Waals surface area contributed by atoms with Crippen LogP contribution in [0.1, 0.15) is 25.0 Å². The zero-order valence-corrected chi connectivity index (χ0v) is 11.5. The van der Waals surface area contributed by atoms with E-state index in [1.54, 1.807) is 0 Å². The summed E-state index contributed by atoms with van der Waals surface area (Å²) in [5.41, 5.74) is 0.886. The molecule has 0 amide bonds. The summed E-state index contributed by atoms with van der Waals surface area (Å²) in [6, 6.07) is 8.07. The van der Waals surface area contributed by atoms with Gasteiger partial charge in [-0.3, -0.25) is 4.90 Å². The summed E-state index contributed by atoms with van der Waals surface area (Å²) in [4.78, 5) is 2.22. The summed E-state index contributed by atoms with van der Waals surface area (Å²) in [5.74, 6) is 0.801. The molecular formula is C15H21NO3. The number of benzene rings is 1. The first kappa shape index (κ1) is 12.9. The van der Waals surface area contributed by atoms with E-state index in [1.807, 2.05) is 24.3 Å². The number of nitrogens with zero attached hydrogens (tertiary/aromatic N) is 1. The second-order valence-electron chi connectivity index (χ2n) is 5.46. The van der Waals surface area contributed by atoms with Gasteiger partial charge in [0.15, 0.2) is 0 Å². The molecule has 1 aromatic rings. The van der Waals surface area contributed by atoms with E-state index in [-0.39, 0.29) is 12.1 Å². The topological polar surface area (TPSA) is 41.9 Å². The number of hydrogen-bond donors (Lipinski definition) is 1. The van der Waals surface area contributed by atoms with Crippen molar-refractivity contribution < 1.29 is 14.6 Å². The van der Waals surface area contributed by atoms with Crippen LogP contribution < -0.4 is 4.74 Å². The summed E-state index contributed by atoms with van der Waals surface area (Å²) in [6.45, 7) is 3.42. The van der Waals surface area contributed by atoms with Gasteiger partial charge in [-0.1, -0.05) is 18.2 Å². The van der Waals surface area contributed by atoms with Gasteiger partial charge >= 0.3 is 0 Å². The van der Waals surface area contributed by atoms with Crippen LogP contribution in [0.15, 0.2) is 24.3 Å². The van der Waals surface area contributed by atoms with Crippen molar-refractivity contribution in [2.45, 2.75) is 37.6 Å². The molecule has 2 heterocycles. The zero-order chi connectivity index (χ0) is 13.4. The maximum absolute atomic E-state index is 10.6. The zero-order valence-electron chi connectivity index (χ0n) is 11.5. The Morgan fingerprint density at radius 3 is 2.79 bits per heavy atom. The molecule has 104 valence electrons. The monoisotopic (exact) mass is 263 g/mol. The molecule has 0 bridgehead atoms. The molecule has 3 rings (SSSR count). The SMILES string of the molecule is CC1OCCC1N(C)C1COc2ccccc2C1O. The van der Waals surface area contributed by atoms with E-state index >= 15 is 0 Å². The number of aliphatic hydroxyl groups is 1. The number of ether oxygens (including phenoxy) is 2. The molecule has 19 heavy (non-hydrogen) atoms. The molecule has 4 heteroatoms. The van der Waals surface area contributed by atoms with Crippen LogP contribution in [0.2, 0.25) is 0 Å². The highest BCUT2D eigenvalue weighted by molar-refractivity contribution is 5.37. The largest absolute Gasteiger partial charge is 0.491 e. The van der Waals surface area contributed by atoms with Crippen molar-refractivity contribution in [1.82, 2.24) is 4.90 Å². The number of aliphatic hydroxyl groups excluding tert-OH is 1. The summed E-state index contributed by atoms with van der Waals surface area (Å²) in [6.07, 6.45) is 0.736. The Labute approximate surface area is 113 Å². The van der Waals surface area contributed by atoms with Crippen LogP contribution in [0.4, 0.5) is 0 Å². The van der Waals surface area contributed by atoms with Crippen LogP contribution >= 0.6 is 0 Å². The molecule has 4 nitrogen and oxygen atoms in total. The van der Waals surface area contributed by atoms with Gasteiger partial charge in [-0.2, -0.15) is 0 Å². The number of fused-ring (bicyclic) bond motifs is 1. The maximum atomic E-state index is 10.6. The number of para-hydroxylation sites is 1. The van der Waals surface area contributed by atoms with Gasteiger partial charge in [0.05, 0.1) is 12.1 Å². The second kappa shape index (κ2) is 5.12. The number of rotatable bonds is 2. The Morgan fingerprint density at radius 1 is 1.26 bits per heavy atom. The van der Waals surface area contributed by atoms with Crippen LogP contribution in [-0.2, 0) is 4.74 Å². The van der Waals surface area contributed by atoms with Crippen molar-refractivity contribution in [3.8, 4) is 5.75 Å². The number of hydrogen-bond acceptors (Lipinski definition) is 4. The minimum Gasteiger partial charge on any atom is -0.491 e. The lowest BCUT2D eigenvalue weighted by atomic mass is 9.96. The Balaban J connectivity index is 1.80. The molecule has 0 aliphatic carbocycles. The maximum Gasteiger partial charge on any atom is 0.125 e. The fourth-order valence-corrected chi connectivity index (χ4v) is 3.17. The molecule has 1 aromatic carbocycles.